The molecule has 7 heteroatoms. The van der Waals surface area contributed by atoms with E-state index in [2.05, 4.69) is 179 Å². The molecule has 0 bridgehead atoms. The van der Waals surface area contributed by atoms with Crippen LogP contribution in [0, 0.1) is 13.8 Å². The minimum absolute atomic E-state index is 0.0101. The first kappa shape index (κ1) is 36.2. The molecule has 10 rings (SSSR count). The Balaban J connectivity index is 1.12. The molecule has 5 heterocycles. The van der Waals surface area contributed by atoms with Crippen LogP contribution in [-0.2, 0) is 10.8 Å². The van der Waals surface area contributed by atoms with Crippen LogP contribution in [0.25, 0.3) is 47.8 Å². The minimum atomic E-state index is -0.0101. The van der Waals surface area contributed by atoms with Crippen molar-refractivity contribution in [1.82, 2.24) is 14.5 Å². The number of anilines is 4. The molecule has 9 aromatic rings. The van der Waals surface area contributed by atoms with Crippen LogP contribution in [0.15, 0.2) is 128 Å². The van der Waals surface area contributed by atoms with E-state index in [1.165, 1.54) is 53.5 Å². The number of thiophene rings is 1. The molecule has 5 aromatic carbocycles. The summed E-state index contributed by atoms with van der Waals surface area (Å²) in [7, 11) is 0. The van der Waals surface area contributed by atoms with Crippen LogP contribution >= 0.6 is 11.3 Å². The number of benzene rings is 5. The van der Waals surface area contributed by atoms with Crippen LogP contribution in [0.1, 0.15) is 63.8 Å². The van der Waals surface area contributed by atoms with Gasteiger partial charge in [0.15, 0.2) is 5.82 Å². The summed E-state index contributed by atoms with van der Waals surface area (Å²) in [5.41, 5.74) is 10.7. The Morgan fingerprint density at radius 3 is 2.07 bits per heavy atom. The van der Waals surface area contributed by atoms with Gasteiger partial charge in [0, 0.05) is 56.5 Å². The minimum Gasteiger partial charge on any atom is -0.457 e. The van der Waals surface area contributed by atoms with Gasteiger partial charge in [-0.1, -0.05) is 90.1 Å². The molecule has 0 aliphatic carbocycles. The summed E-state index contributed by atoms with van der Waals surface area (Å²) in [6.45, 7) is 18.7. The van der Waals surface area contributed by atoms with Crippen molar-refractivity contribution >= 4 is 76.2 Å². The zero-order valence-electron chi connectivity index (χ0n) is 34.4. The molecule has 0 N–H and O–H groups in total. The van der Waals surface area contributed by atoms with Gasteiger partial charge >= 0.3 is 0 Å². The van der Waals surface area contributed by atoms with E-state index in [0.29, 0.717) is 6.67 Å². The summed E-state index contributed by atoms with van der Waals surface area (Å²) in [4.78, 5) is 14.7. The monoisotopic (exact) mass is 777 g/mol. The summed E-state index contributed by atoms with van der Waals surface area (Å²) in [6, 6.07) is 41.4. The maximum absolute atomic E-state index is 6.97. The first-order valence-corrected chi connectivity index (χ1v) is 20.9. The van der Waals surface area contributed by atoms with Crippen molar-refractivity contribution in [2.45, 2.75) is 66.2 Å². The molecule has 1 aliphatic rings. The van der Waals surface area contributed by atoms with E-state index in [9.17, 15) is 0 Å². The molecule has 0 spiro atoms. The highest BCUT2D eigenvalue weighted by atomic mass is 32.1. The first-order chi connectivity index (χ1) is 27.8. The van der Waals surface area contributed by atoms with Gasteiger partial charge in [-0.3, -0.25) is 4.57 Å². The van der Waals surface area contributed by atoms with Gasteiger partial charge in [0.1, 0.15) is 24.0 Å². The first-order valence-electron chi connectivity index (χ1n) is 20.1. The Hall–Kier alpha value is -6.18. The number of hydrogen-bond donors (Lipinski definition) is 0. The Morgan fingerprint density at radius 2 is 1.29 bits per heavy atom. The molecule has 0 saturated carbocycles. The predicted molar refractivity (Wildman–Crippen MR) is 245 cm³/mol. The van der Waals surface area contributed by atoms with E-state index in [1.807, 2.05) is 29.8 Å². The van der Waals surface area contributed by atoms with Gasteiger partial charge in [0.05, 0.1) is 27.1 Å². The van der Waals surface area contributed by atoms with Gasteiger partial charge in [-0.15, -0.1) is 11.3 Å². The average molecular weight is 778 g/mol. The second kappa shape index (κ2) is 13.2. The second-order valence-electron chi connectivity index (χ2n) is 17.8. The number of fused-ring (bicyclic) bond motifs is 7. The van der Waals surface area contributed by atoms with Gasteiger partial charge in [0.2, 0.25) is 0 Å². The number of rotatable bonds is 5. The van der Waals surface area contributed by atoms with Crippen molar-refractivity contribution < 1.29 is 4.74 Å². The Labute approximate surface area is 344 Å². The van der Waals surface area contributed by atoms with Crippen LogP contribution < -0.4 is 14.5 Å². The molecule has 58 heavy (non-hydrogen) atoms. The lowest BCUT2D eigenvalue weighted by Gasteiger charge is -2.28. The van der Waals surface area contributed by atoms with Crippen LogP contribution in [0.4, 0.5) is 22.9 Å². The number of nitrogens with zero attached hydrogens (tertiary/aromatic N) is 5. The maximum Gasteiger partial charge on any atom is 0.158 e. The van der Waals surface area contributed by atoms with Crippen molar-refractivity contribution in [3.63, 3.8) is 0 Å². The van der Waals surface area contributed by atoms with Gasteiger partial charge in [-0.2, -0.15) is 0 Å². The number of hydrogen-bond acceptors (Lipinski definition) is 6. The third-order valence-electron chi connectivity index (χ3n) is 11.7. The molecule has 0 fully saturated rings. The van der Waals surface area contributed by atoms with Crippen molar-refractivity contribution in [3.05, 3.63) is 150 Å². The van der Waals surface area contributed by atoms with Gasteiger partial charge in [-0.05, 0) is 102 Å². The molecule has 0 amide bonds. The summed E-state index contributed by atoms with van der Waals surface area (Å²) < 4.78 is 11.7. The fraction of sp³-hybridized carbons (Fsp3) is 0.216. The quantitative estimate of drug-likeness (QED) is 0.174. The molecule has 0 radical (unpaired) electrons. The van der Waals surface area contributed by atoms with Crippen LogP contribution in [-0.4, -0.2) is 21.2 Å². The van der Waals surface area contributed by atoms with Crippen molar-refractivity contribution in [2.24, 2.45) is 0 Å². The average Bonchev–Trinajstić information content (AvgIpc) is 3.87. The third-order valence-corrected chi connectivity index (χ3v) is 12.9. The predicted octanol–water partition coefficient (Wildman–Crippen LogP) is 14.2. The smallest absolute Gasteiger partial charge is 0.158 e. The highest BCUT2D eigenvalue weighted by Crippen LogP contribution is 2.50. The summed E-state index contributed by atoms with van der Waals surface area (Å²) >= 11 is 1.83. The molecular weight excluding hydrogens is 731 g/mol. The zero-order valence-corrected chi connectivity index (χ0v) is 35.2. The van der Waals surface area contributed by atoms with Gasteiger partial charge in [0.25, 0.3) is 0 Å². The van der Waals surface area contributed by atoms with Crippen LogP contribution in [0.5, 0.6) is 11.5 Å². The topological polar surface area (TPSA) is 46.4 Å². The number of para-hydroxylation sites is 1. The lowest BCUT2D eigenvalue weighted by molar-refractivity contribution is 0.484. The fourth-order valence-corrected chi connectivity index (χ4v) is 9.94. The van der Waals surface area contributed by atoms with Crippen molar-refractivity contribution in [3.8, 4) is 17.3 Å². The maximum atomic E-state index is 6.97. The fourth-order valence-electron chi connectivity index (χ4n) is 8.73. The molecule has 288 valence electrons. The highest BCUT2D eigenvalue weighted by Gasteiger charge is 2.33. The van der Waals surface area contributed by atoms with Crippen molar-refractivity contribution in [1.29, 1.82) is 0 Å². The van der Waals surface area contributed by atoms with Crippen LogP contribution in [0.3, 0.4) is 0 Å². The number of aryl methyl sites for hydroxylation is 2. The third kappa shape index (κ3) is 5.90. The summed E-state index contributed by atoms with van der Waals surface area (Å²) in [5.74, 6) is 3.37. The lowest BCUT2D eigenvalue weighted by Crippen LogP contribution is -2.25. The molecular formula is C51H47N5OS. The molecule has 0 unspecified atom stereocenters. The van der Waals surface area contributed by atoms with E-state index in [0.717, 1.165) is 50.9 Å². The van der Waals surface area contributed by atoms with Gasteiger partial charge in [-0.25, -0.2) is 9.97 Å². The number of pyridine rings is 2. The Bertz CT molecular complexity index is 3060. The number of ether oxygens (including phenoxy) is 1. The molecule has 0 atom stereocenters. The summed E-state index contributed by atoms with van der Waals surface area (Å²) in [5, 5.41) is 4.73. The standard InChI is InChI=1S/C51H47N5OS/c1-31-24-34(51(6,7)8)25-32(2)47(31)54-30-55(49-42(54)17-13-22-53-49)44-29-36(27-40-39-15-10-12-18-45(39)58-48(40)44)57-35-19-20-38-37-14-9-11-16-41(37)56(43(38)28-35)46-26-33(21-23-52-46)50(3,4)5/h9-29H,30H2,1-8H3. The van der Waals surface area contributed by atoms with E-state index in [4.69, 9.17) is 14.7 Å². The van der Waals surface area contributed by atoms with E-state index >= 15 is 0 Å². The van der Waals surface area contributed by atoms with Crippen molar-refractivity contribution in [2.75, 3.05) is 16.5 Å². The number of aromatic nitrogens is 3. The summed E-state index contributed by atoms with van der Waals surface area (Å²) in [6.07, 6.45) is 3.83. The van der Waals surface area contributed by atoms with Gasteiger partial charge < -0.3 is 14.5 Å². The molecule has 4 aromatic heterocycles. The SMILES string of the molecule is Cc1cc(C(C)(C)C)cc(C)c1N1CN(c2cc(Oc3ccc4c5ccccc5n(-c5cc(C(C)(C)C)ccn5)c4c3)cc3c2sc2ccccc23)c2ncccc21. The van der Waals surface area contributed by atoms with Crippen LogP contribution in [0.2, 0.25) is 0 Å². The van der Waals surface area contributed by atoms with E-state index in [-0.39, 0.29) is 10.8 Å². The molecule has 0 saturated heterocycles. The molecule has 6 nitrogen and oxygen atoms in total. The Kier molecular flexibility index (Phi) is 8.22. The molecule has 1 aliphatic heterocycles. The normalized spacial score (nSPS) is 13.4. The largest absolute Gasteiger partial charge is 0.457 e. The highest BCUT2D eigenvalue weighted by molar-refractivity contribution is 7.26. The van der Waals surface area contributed by atoms with E-state index in [1.54, 1.807) is 0 Å². The lowest BCUT2D eigenvalue weighted by atomic mass is 9.84. The second-order valence-corrected chi connectivity index (χ2v) is 18.8. The Morgan fingerprint density at radius 1 is 0.569 bits per heavy atom. The zero-order chi connectivity index (χ0) is 40.1. The van der Waals surface area contributed by atoms with E-state index < -0.39 is 0 Å².